The van der Waals surface area contributed by atoms with Gasteiger partial charge in [0.15, 0.2) is 0 Å². The quantitative estimate of drug-likeness (QED) is 0.488. The lowest BCUT2D eigenvalue weighted by Gasteiger charge is -2.40. The van der Waals surface area contributed by atoms with E-state index in [9.17, 15) is 20.4 Å². The average molecular weight is 479 g/mol. The summed E-state index contributed by atoms with van der Waals surface area (Å²) in [6.45, 7) is 1.17. The van der Waals surface area contributed by atoms with Crippen LogP contribution in [0.25, 0.3) is 0 Å². The molecule has 2 fully saturated rings. The Hall–Kier alpha value is -1.91. The van der Waals surface area contributed by atoms with E-state index in [0.29, 0.717) is 49.0 Å². The Kier molecular flexibility index (Phi) is 6.50. The Balaban J connectivity index is 1.44. The first-order chi connectivity index (χ1) is 16.0. The Morgan fingerprint density at radius 2 is 1.79 bits per heavy atom. The second-order valence-corrected chi connectivity index (χ2v) is 9.07. The summed E-state index contributed by atoms with van der Waals surface area (Å²) in [5.41, 5.74) is 3.24. The van der Waals surface area contributed by atoms with Crippen molar-refractivity contribution in [3.8, 4) is 11.5 Å². The summed E-state index contributed by atoms with van der Waals surface area (Å²) < 4.78 is 22.6. The van der Waals surface area contributed by atoms with E-state index in [2.05, 4.69) is 0 Å². The van der Waals surface area contributed by atoms with Gasteiger partial charge in [0.1, 0.15) is 48.1 Å². The van der Waals surface area contributed by atoms with Crippen LogP contribution in [-0.4, -0.2) is 77.4 Å². The summed E-state index contributed by atoms with van der Waals surface area (Å²) in [5, 5.41) is 41.2. The van der Waals surface area contributed by atoms with Crippen LogP contribution < -0.4 is 9.47 Å². The second kappa shape index (κ2) is 9.38. The first-order valence-corrected chi connectivity index (χ1v) is 11.4. The molecule has 2 saturated heterocycles. The summed E-state index contributed by atoms with van der Waals surface area (Å²) >= 11 is 6.69. The van der Waals surface area contributed by atoms with Gasteiger partial charge in [-0.25, -0.2) is 0 Å². The molecule has 3 aliphatic rings. The molecule has 2 aromatic carbocycles. The Labute approximate surface area is 196 Å². The van der Waals surface area contributed by atoms with Gasteiger partial charge >= 0.3 is 0 Å². The molecule has 178 valence electrons. The highest BCUT2D eigenvalue weighted by atomic mass is 35.5. The van der Waals surface area contributed by atoms with E-state index in [1.807, 2.05) is 30.3 Å². The van der Waals surface area contributed by atoms with E-state index >= 15 is 0 Å². The minimum atomic E-state index is -1.45. The number of benzene rings is 2. The van der Waals surface area contributed by atoms with Gasteiger partial charge in [0, 0.05) is 12.0 Å². The Bertz CT molecular complexity index is 991. The average Bonchev–Trinajstić information content (AvgIpc) is 3.29. The third-order valence-corrected chi connectivity index (χ3v) is 6.87. The predicted octanol–water partition coefficient (Wildman–Crippen LogP) is 1.16. The lowest BCUT2D eigenvalue weighted by molar-refractivity contribution is -0.231. The number of aliphatic hydroxyl groups excluding tert-OH is 4. The van der Waals surface area contributed by atoms with Crippen molar-refractivity contribution in [2.45, 2.75) is 49.5 Å². The zero-order valence-corrected chi connectivity index (χ0v) is 18.6. The van der Waals surface area contributed by atoms with Crippen LogP contribution in [0.4, 0.5) is 0 Å². The maximum atomic E-state index is 10.7. The molecular weight excluding hydrogens is 452 g/mol. The maximum absolute atomic E-state index is 10.7. The fourth-order valence-electron chi connectivity index (χ4n) is 4.53. The summed E-state index contributed by atoms with van der Waals surface area (Å²) in [5.74, 6) is 1.32. The van der Waals surface area contributed by atoms with Gasteiger partial charge in [0.2, 0.25) is 0 Å². The van der Waals surface area contributed by atoms with Crippen molar-refractivity contribution in [1.82, 2.24) is 0 Å². The van der Waals surface area contributed by atoms with Gasteiger partial charge in [0.25, 0.3) is 0 Å². The van der Waals surface area contributed by atoms with Gasteiger partial charge in [-0.2, -0.15) is 0 Å². The third-order valence-electron chi connectivity index (χ3n) is 6.46. The Morgan fingerprint density at radius 1 is 1.03 bits per heavy atom. The second-order valence-electron chi connectivity index (χ2n) is 8.69. The molecule has 0 bridgehead atoms. The van der Waals surface area contributed by atoms with E-state index in [1.54, 1.807) is 0 Å². The van der Waals surface area contributed by atoms with E-state index in [1.165, 1.54) is 0 Å². The predicted molar refractivity (Wildman–Crippen MR) is 118 cm³/mol. The van der Waals surface area contributed by atoms with Crippen molar-refractivity contribution in [3.63, 3.8) is 0 Å². The molecular formula is C24H27ClO8. The van der Waals surface area contributed by atoms with E-state index in [0.717, 1.165) is 22.4 Å². The van der Waals surface area contributed by atoms with Gasteiger partial charge in [-0.05, 0) is 35.2 Å². The highest BCUT2D eigenvalue weighted by molar-refractivity contribution is 6.33. The molecule has 0 aromatic heterocycles. The molecule has 5 atom stereocenters. The van der Waals surface area contributed by atoms with Crippen LogP contribution in [0.1, 0.15) is 28.4 Å². The Morgan fingerprint density at radius 3 is 2.45 bits per heavy atom. The van der Waals surface area contributed by atoms with Gasteiger partial charge in [-0.15, -0.1) is 0 Å². The van der Waals surface area contributed by atoms with Crippen molar-refractivity contribution < 1.29 is 39.4 Å². The molecule has 8 nitrogen and oxygen atoms in total. The highest BCUT2D eigenvalue weighted by Gasteiger charge is 2.45. The monoisotopic (exact) mass is 478 g/mol. The van der Waals surface area contributed by atoms with Crippen molar-refractivity contribution in [2.24, 2.45) is 0 Å². The van der Waals surface area contributed by atoms with Crippen LogP contribution in [-0.2, 0) is 22.3 Å². The van der Waals surface area contributed by atoms with E-state index in [4.69, 9.17) is 30.5 Å². The van der Waals surface area contributed by atoms with Gasteiger partial charge in [0.05, 0.1) is 31.5 Å². The van der Waals surface area contributed by atoms with Crippen LogP contribution in [0.5, 0.6) is 11.5 Å². The van der Waals surface area contributed by atoms with Gasteiger partial charge in [-0.3, -0.25) is 0 Å². The van der Waals surface area contributed by atoms with Crippen LogP contribution in [0.15, 0.2) is 30.3 Å². The van der Waals surface area contributed by atoms with Crippen molar-refractivity contribution in [1.29, 1.82) is 0 Å². The zero-order valence-electron chi connectivity index (χ0n) is 17.9. The summed E-state index contributed by atoms with van der Waals surface area (Å²) in [6.07, 6.45) is -4.97. The number of aliphatic hydroxyl groups is 4. The molecule has 5 rings (SSSR count). The lowest BCUT2D eigenvalue weighted by atomic mass is 9.87. The fraction of sp³-hybridized carbons (Fsp3) is 0.500. The number of ether oxygens (including phenoxy) is 4. The maximum Gasteiger partial charge on any atom is 0.145 e. The number of hydrogen-bond donors (Lipinski definition) is 4. The number of hydrogen-bond acceptors (Lipinski definition) is 8. The van der Waals surface area contributed by atoms with Crippen molar-refractivity contribution >= 4 is 11.6 Å². The molecule has 0 radical (unpaired) electrons. The summed E-state index contributed by atoms with van der Waals surface area (Å²) in [6, 6.07) is 9.60. The number of halogens is 1. The first-order valence-electron chi connectivity index (χ1n) is 11.1. The molecule has 2 aromatic rings. The van der Waals surface area contributed by atoms with Crippen molar-refractivity contribution in [3.05, 3.63) is 57.6 Å². The fourth-order valence-corrected chi connectivity index (χ4v) is 4.82. The van der Waals surface area contributed by atoms with Crippen LogP contribution in [0.2, 0.25) is 5.02 Å². The molecule has 0 aliphatic carbocycles. The molecule has 33 heavy (non-hydrogen) atoms. The smallest absolute Gasteiger partial charge is 0.145 e. The molecule has 3 aliphatic heterocycles. The molecule has 0 amide bonds. The van der Waals surface area contributed by atoms with Crippen LogP contribution in [0, 0.1) is 0 Å². The van der Waals surface area contributed by atoms with Crippen molar-refractivity contribution in [2.75, 3.05) is 26.4 Å². The number of rotatable bonds is 6. The topological polar surface area (TPSA) is 118 Å². The summed E-state index contributed by atoms with van der Waals surface area (Å²) in [4.78, 5) is 0. The molecule has 0 saturated carbocycles. The molecule has 9 heteroatoms. The summed E-state index contributed by atoms with van der Waals surface area (Å²) in [7, 11) is 0. The normalized spacial score (nSPS) is 29.3. The molecule has 4 N–H and O–H groups in total. The molecule has 3 heterocycles. The van der Waals surface area contributed by atoms with E-state index in [-0.39, 0.29) is 6.10 Å². The van der Waals surface area contributed by atoms with Crippen LogP contribution in [0.3, 0.4) is 0 Å². The zero-order chi connectivity index (χ0) is 23.1. The van der Waals surface area contributed by atoms with Gasteiger partial charge in [-0.1, -0.05) is 29.8 Å². The highest BCUT2D eigenvalue weighted by Crippen LogP contribution is 2.44. The van der Waals surface area contributed by atoms with Gasteiger partial charge < -0.3 is 39.4 Å². The molecule has 5 unspecified atom stereocenters. The minimum absolute atomic E-state index is 0.0975. The standard InChI is InChI=1S/C24H27ClO8/c25-19-13(7-12-1-3-14(4-2-12)32-15-10-30-11-15)8-17(16-5-6-31-23(16)19)24-22(29)21(28)20(27)18(9-26)33-24/h1-4,8,15,18,20-22,24,26-29H,5-7,9-11H2. The lowest BCUT2D eigenvalue weighted by Crippen LogP contribution is -2.55. The largest absolute Gasteiger partial charge is 0.491 e. The first kappa shape index (κ1) is 22.9. The van der Waals surface area contributed by atoms with E-state index < -0.39 is 37.1 Å². The SMILES string of the molecule is OCC1OC(c2cc(Cc3ccc(OC4COC4)cc3)c(Cl)c3c2CCO3)C(O)C(O)C1O. The third kappa shape index (κ3) is 4.33. The van der Waals surface area contributed by atoms with Crippen LogP contribution >= 0.6 is 11.6 Å². The number of fused-ring (bicyclic) bond motifs is 1. The minimum Gasteiger partial charge on any atom is -0.491 e. The molecule has 0 spiro atoms.